The lowest BCUT2D eigenvalue weighted by Gasteiger charge is -2.39. The summed E-state index contributed by atoms with van der Waals surface area (Å²) in [5, 5.41) is 9.39. The van der Waals surface area contributed by atoms with Crippen LogP contribution < -0.4 is 0 Å². The number of aromatic nitrogens is 1. The van der Waals surface area contributed by atoms with Crippen LogP contribution in [0, 0.1) is 19.3 Å². The molecule has 21 heavy (non-hydrogen) atoms. The van der Waals surface area contributed by atoms with Gasteiger partial charge in [-0.05, 0) is 32.8 Å². The van der Waals surface area contributed by atoms with Crippen LogP contribution in [0.25, 0.3) is 0 Å². The second-order valence-corrected chi connectivity index (χ2v) is 7.44. The highest BCUT2D eigenvalue weighted by Crippen LogP contribution is 2.38. The molecule has 1 saturated carbocycles. The van der Waals surface area contributed by atoms with E-state index in [4.69, 9.17) is 4.74 Å². The third-order valence-corrected chi connectivity index (χ3v) is 5.77. The Kier molecular flexibility index (Phi) is 4.17. The first kappa shape index (κ1) is 15.1. The van der Waals surface area contributed by atoms with Crippen LogP contribution in [0.2, 0.25) is 0 Å². The second kappa shape index (κ2) is 5.78. The molecule has 1 aliphatic heterocycles. The zero-order chi connectivity index (χ0) is 15.0. The second-order valence-electron chi connectivity index (χ2n) is 6.45. The van der Waals surface area contributed by atoms with Gasteiger partial charge >= 0.3 is 0 Å². The smallest absolute Gasteiger partial charge is 0.174 e. The first-order valence-corrected chi connectivity index (χ1v) is 8.70. The van der Waals surface area contributed by atoms with Gasteiger partial charge in [0.1, 0.15) is 0 Å². The van der Waals surface area contributed by atoms with Crippen LogP contribution in [0.5, 0.6) is 0 Å². The summed E-state index contributed by atoms with van der Waals surface area (Å²) in [4.78, 5) is 12.4. The van der Waals surface area contributed by atoms with Crippen molar-refractivity contribution in [1.82, 2.24) is 4.57 Å². The van der Waals surface area contributed by atoms with Crippen LogP contribution in [0.15, 0.2) is 6.07 Å². The number of carbonyl (C=O) groups is 1. The van der Waals surface area contributed by atoms with Crippen molar-refractivity contribution in [2.75, 3.05) is 31.3 Å². The normalized spacial score (nSPS) is 20.3. The SMILES string of the molecule is Cc1cc(C(=O)CSCC2(CO)COC2)c(C)n1C1CC1. The van der Waals surface area contributed by atoms with E-state index in [0.717, 1.165) is 17.0 Å². The number of nitrogens with zero attached hydrogens (tertiary/aromatic N) is 1. The molecule has 0 amide bonds. The number of aliphatic hydroxyl groups excluding tert-OH is 1. The van der Waals surface area contributed by atoms with Crippen molar-refractivity contribution in [3.63, 3.8) is 0 Å². The Balaban J connectivity index is 1.59. The lowest BCUT2D eigenvalue weighted by atomic mass is 9.90. The summed E-state index contributed by atoms with van der Waals surface area (Å²) >= 11 is 1.61. The van der Waals surface area contributed by atoms with Gasteiger partial charge in [-0.25, -0.2) is 0 Å². The third-order valence-electron chi connectivity index (χ3n) is 4.49. The van der Waals surface area contributed by atoms with Crippen LogP contribution in [0.3, 0.4) is 0 Å². The zero-order valence-electron chi connectivity index (χ0n) is 12.7. The molecule has 2 fully saturated rings. The van der Waals surface area contributed by atoms with Gasteiger partial charge < -0.3 is 14.4 Å². The predicted molar refractivity (Wildman–Crippen MR) is 84.2 cm³/mol. The molecule has 3 rings (SSSR count). The van der Waals surface area contributed by atoms with Crippen LogP contribution in [-0.2, 0) is 4.74 Å². The molecule has 0 bridgehead atoms. The van der Waals surface area contributed by atoms with Gasteiger partial charge in [-0.1, -0.05) is 0 Å². The standard InChI is InChI=1S/C16H23NO3S/c1-11-5-14(12(2)17(11)13-3-4-13)15(19)6-21-10-16(7-18)8-20-9-16/h5,13,18H,3-4,6-10H2,1-2H3. The number of ether oxygens (including phenoxy) is 1. The van der Waals surface area contributed by atoms with Crippen molar-refractivity contribution in [1.29, 1.82) is 0 Å². The number of aliphatic hydroxyl groups is 1. The van der Waals surface area contributed by atoms with E-state index < -0.39 is 0 Å². The quantitative estimate of drug-likeness (QED) is 0.786. The molecule has 4 nitrogen and oxygen atoms in total. The number of carbonyl (C=O) groups excluding carboxylic acids is 1. The van der Waals surface area contributed by atoms with Gasteiger partial charge in [-0.15, -0.1) is 0 Å². The maximum Gasteiger partial charge on any atom is 0.174 e. The van der Waals surface area contributed by atoms with Crippen molar-refractivity contribution in [3.8, 4) is 0 Å². The highest BCUT2D eigenvalue weighted by molar-refractivity contribution is 8.00. The number of hydrogen-bond acceptors (Lipinski definition) is 4. The minimum Gasteiger partial charge on any atom is -0.396 e. The molecule has 1 aliphatic carbocycles. The largest absolute Gasteiger partial charge is 0.396 e. The van der Waals surface area contributed by atoms with E-state index in [9.17, 15) is 9.90 Å². The summed E-state index contributed by atoms with van der Waals surface area (Å²) in [7, 11) is 0. The van der Waals surface area contributed by atoms with Crippen molar-refractivity contribution in [2.45, 2.75) is 32.7 Å². The minimum atomic E-state index is -0.115. The molecule has 2 heterocycles. The average Bonchev–Trinajstić information content (AvgIpc) is 3.19. The summed E-state index contributed by atoms with van der Waals surface area (Å²) in [6.45, 7) is 5.51. The van der Waals surface area contributed by atoms with E-state index in [-0.39, 0.29) is 17.8 Å². The number of thioether (sulfide) groups is 1. The van der Waals surface area contributed by atoms with E-state index >= 15 is 0 Å². The van der Waals surface area contributed by atoms with Crippen LogP contribution >= 0.6 is 11.8 Å². The topological polar surface area (TPSA) is 51.5 Å². The number of hydrogen-bond donors (Lipinski definition) is 1. The van der Waals surface area contributed by atoms with Crippen molar-refractivity contribution in [3.05, 3.63) is 23.0 Å². The lowest BCUT2D eigenvalue weighted by Crippen LogP contribution is -2.47. The number of rotatable bonds is 7. The Morgan fingerprint density at radius 2 is 2.19 bits per heavy atom. The van der Waals surface area contributed by atoms with Gasteiger partial charge in [0, 0.05) is 34.2 Å². The fraction of sp³-hybridized carbons (Fsp3) is 0.688. The number of ketones is 1. The maximum atomic E-state index is 12.4. The molecule has 2 aliphatic rings. The van der Waals surface area contributed by atoms with Gasteiger partial charge in [-0.3, -0.25) is 4.79 Å². The molecule has 1 aromatic heterocycles. The molecule has 1 N–H and O–H groups in total. The molecule has 0 spiro atoms. The molecule has 0 radical (unpaired) electrons. The van der Waals surface area contributed by atoms with E-state index in [1.54, 1.807) is 11.8 Å². The molecule has 0 unspecified atom stereocenters. The zero-order valence-corrected chi connectivity index (χ0v) is 13.5. The maximum absolute atomic E-state index is 12.4. The van der Waals surface area contributed by atoms with E-state index in [0.29, 0.717) is 25.0 Å². The third kappa shape index (κ3) is 2.91. The molecule has 1 saturated heterocycles. The minimum absolute atomic E-state index is 0.115. The monoisotopic (exact) mass is 309 g/mol. The Hall–Kier alpha value is -0.780. The summed E-state index contributed by atoms with van der Waals surface area (Å²) in [5.74, 6) is 1.47. The van der Waals surface area contributed by atoms with Crippen LogP contribution in [0.1, 0.15) is 40.6 Å². The van der Waals surface area contributed by atoms with Gasteiger partial charge in [0.25, 0.3) is 0 Å². The average molecular weight is 309 g/mol. The summed E-state index contributed by atoms with van der Waals surface area (Å²) in [6.07, 6.45) is 2.47. The van der Waals surface area contributed by atoms with Gasteiger partial charge in [0.2, 0.25) is 0 Å². The lowest BCUT2D eigenvalue weighted by molar-refractivity contribution is -0.121. The first-order chi connectivity index (χ1) is 10.1. The first-order valence-electron chi connectivity index (χ1n) is 7.54. The Bertz CT molecular complexity index is 538. The summed E-state index contributed by atoms with van der Waals surface area (Å²) in [6, 6.07) is 2.65. The highest BCUT2D eigenvalue weighted by atomic mass is 32.2. The Morgan fingerprint density at radius 3 is 2.71 bits per heavy atom. The van der Waals surface area contributed by atoms with Crippen molar-refractivity contribution in [2.24, 2.45) is 5.41 Å². The molecular weight excluding hydrogens is 286 g/mol. The summed E-state index contributed by atoms with van der Waals surface area (Å²) < 4.78 is 7.49. The Morgan fingerprint density at radius 1 is 1.48 bits per heavy atom. The fourth-order valence-electron chi connectivity index (χ4n) is 3.00. The Labute approximate surface area is 129 Å². The predicted octanol–water partition coefficient (Wildman–Crippen LogP) is 2.36. The van der Waals surface area contributed by atoms with E-state index in [1.807, 2.05) is 6.07 Å². The van der Waals surface area contributed by atoms with Crippen LogP contribution in [0.4, 0.5) is 0 Å². The highest BCUT2D eigenvalue weighted by Gasteiger charge is 2.38. The molecule has 0 aromatic carbocycles. The molecule has 1 aromatic rings. The van der Waals surface area contributed by atoms with Crippen molar-refractivity contribution >= 4 is 17.5 Å². The molecule has 5 heteroatoms. The van der Waals surface area contributed by atoms with E-state index in [2.05, 4.69) is 18.4 Å². The number of Topliss-reactive ketones (excluding diaryl/α,β-unsaturated/α-hetero) is 1. The number of aryl methyl sites for hydroxylation is 1. The fourth-order valence-corrected chi connectivity index (χ4v) is 4.14. The summed E-state index contributed by atoms with van der Waals surface area (Å²) in [5.41, 5.74) is 3.07. The van der Waals surface area contributed by atoms with Gasteiger partial charge in [0.15, 0.2) is 5.78 Å². The molecule has 0 atom stereocenters. The van der Waals surface area contributed by atoms with Crippen LogP contribution in [-0.4, -0.2) is 46.8 Å². The van der Waals surface area contributed by atoms with Gasteiger partial charge in [-0.2, -0.15) is 11.8 Å². The molecule has 116 valence electrons. The van der Waals surface area contributed by atoms with Gasteiger partial charge in [0.05, 0.1) is 25.6 Å². The molecular formula is C16H23NO3S. The van der Waals surface area contributed by atoms with Crippen molar-refractivity contribution < 1.29 is 14.6 Å². The van der Waals surface area contributed by atoms with E-state index in [1.165, 1.54) is 18.5 Å².